The Morgan fingerprint density at radius 3 is 1.43 bits per heavy atom. The second-order valence-corrected chi connectivity index (χ2v) is 17.3. The van der Waals surface area contributed by atoms with Crippen molar-refractivity contribution in [2.75, 3.05) is 0 Å². The van der Waals surface area contributed by atoms with Gasteiger partial charge >= 0.3 is 0 Å². The van der Waals surface area contributed by atoms with Crippen molar-refractivity contribution in [3.8, 4) is 73.8 Å². The molecular formula is C58H46N6O. The maximum Gasteiger partial charge on any atom is 0.164 e. The number of allylic oxidation sites excluding steroid dienone is 7. The molecule has 0 saturated carbocycles. The Hall–Kier alpha value is -7.90. The van der Waals surface area contributed by atoms with Gasteiger partial charge in [-0.25, -0.2) is 29.9 Å². The van der Waals surface area contributed by atoms with Gasteiger partial charge in [0.2, 0.25) is 0 Å². The number of aryl methyl sites for hydroxylation is 2. The Bertz CT molecular complexity index is 3220. The van der Waals surface area contributed by atoms with E-state index in [0.717, 1.165) is 87.1 Å². The summed E-state index contributed by atoms with van der Waals surface area (Å²) in [5, 5.41) is 0. The summed E-state index contributed by atoms with van der Waals surface area (Å²) < 4.78 is 6.77. The van der Waals surface area contributed by atoms with E-state index < -0.39 is 5.60 Å². The Labute approximate surface area is 379 Å². The van der Waals surface area contributed by atoms with Crippen LogP contribution in [0, 0.1) is 13.8 Å². The van der Waals surface area contributed by atoms with Crippen LogP contribution in [0.3, 0.4) is 0 Å². The van der Waals surface area contributed by atoms with E-state index in [0.29, 0.717) is 34.9 Å². The average molecular weight is 843 g/mol. The number of hydrogen-bond donors (Lipinski definition) is 0. The van der Waals surface area contributed by atoms with E-state index in [2.05, 4.69) is 166 Å². The van der Waals surface area contributed by atoms with Gasteiger partial charge < -0.3 is 4.74 Å². The largest absolute Gasteiger partial charge is 0.482 e. The minimum Gasteiger partial charge on any atom is -0.482 e. The summed E-state index contributed by atoms with van der Waals surface area (Å²) in [4.78, 5) is 29.7. The van der Waals surface area contributed by atoms with Gasteiger partial charge in [-0.3, -0.25) is 0 Å². The summed E-state index contributed by atoms with van der Waals surface area (Å²) in [6, 6.07) is 50.5. The standard InChI is InChI=1S/C58H46N6O/c1-37-16-20-43(21-17-37)54-59-52(41-11-6-4-7-12-41)61-56(63-54)45-28-24-39(25-29-45)47-15-10-34-58(3)50(36-47)49-35-48(32-33-51(49)65-58)40-26-30-46(31-27-40)57-62-53(42-13-8-5-9-14-42)60-55(64-57)44-22-18-38(2)19-23-44/h4,6-8,11-33,35-36H,5,9-10,34H2,1-3H3. The number of rotatable bonds is 8. The highest BCUT2D eigenvalue weighted by Crippen LogP contribution is 2.50. The highest BCUT2D eigenvalue weighted by molar-refractivity contribution is 5.92. The van der Waals surface area contributed by atoms with Gasteiger partial charge in [0.1, 0.15) is 11.4 Å². The molecule has 2 aromatic heterocycles. The first-order chi connectivity index (χ1) is 31.8. The van der Waals surface area contributed by atoms with Crippen molar-refractivity contribution in [1.82, 2.24) is 29.9 Å². The van der Waals surface area contributed by atoms with E-state index in [9.17, 15) is 0 Å². The lowest BCUT2D eigenvalue weighted by Gasteiger charge is -2.24. The van der Waals surface area contributed by atoms with Crippen molar-refractivity contribution in [1.29, 1.82) is 0 Å². The van der Waals surface area contributed by atoms with Crippen LogP contribution < -0.4 is 4.74 Å². The second-order valence-electron chi connectivity index (χ2n) is 17.3. The Kier molecular flexibility index (Phi) is 10.2. The number of nitrogens with zero attached hydrogens (tertiary/aromatic N) is 6. The fourth-order valence-corrected chi connectivity index (χ4v) is 8.85. The molecular weight excluding hydrogens is 797 g/mol. The van der Waals surface area contributed by atoms with Crippen LogP contribution in [0.2, 0.25) is 0 Å². The van der Waals surface area contributed by atoms with Gasteiger partial charge in [0.25, 0.3) is 0 Å². The van der Waals surface area contributed by atoms with Crippen LogP contribution in [-0.2, 0) is 0 Å². The van der Waals surface area contributed by atoms with Gasteiger partial charge in [-0.2, -0.15) is 0 Å². The summed E-state index contributed by atoms with van der Waals surface area (Å²) in [7, 11) is 0. The maximum absolute atomic E-state index is 6.77. The predicted octanol–water partition coefficient (Wildman–Crippen LogP) is 13.8. The number of aromatic nitrogens is 6. The molecule has 0 saturated heterocycles. The summed E-state index contributed by atoms with van der Waals surface area (Å²) in [5.74, 6) is 4.87. The van der Waals surface area contributed by atoms with Crippen LogP contribution in [0.1, 0.15) is 60.7 Å². The minimum atomic E-state index is -0.442. The molecule has 6 aromatic carbocycles. The zero-order valence-corrected chi connectivity index (χ0v) is 36.7. The van der Waals surface area contributed by atoms with Gasteiger partial charge in [-0.15, -0.1) is 0 Å². The normalized spacial score (nSPS) is 16.4. The third-order valence-electron chi connectivity index (χ3n) is 12.6. The number of fused-ring (bicyclic) bond motifs is 3. The third kappa shape index (κ3) is 8.02. The highest BCUT2D eigenvalue weighted by Gasteiger charge is 2.40. The molecule has 7 heteroatoms. The van der Waals surface area contributed by atoms with Crippen LogP contribution in [0.25, 0.3) is 84.8 Å². The zero-order valence-electron chi connectivity index (χ0n) is 36.7. The molecule has 11 rings (SSSR count). The molecule has 314 valence electrons. The SMILES string of the molecule is Cc1ccc(-c2nc(C3=CCCC=C3)nc(-c3ccc(-c4ccc5c(c4)C4=CC(c6ccc(-c7nc(-c8ccccc8)nc(-c8ccc(C)cc8)n7)cc6)=CCCC4(C)O5)cc3)n2)cc1. The van der Waals surface area contributed by atoms with Crippen molar-refractivity contribution in [2.24, 2.45) is 0 Å². The van der Waals surface area contributed by atoms with E-state index in [-0.39, 0.29) is 0 Å². The monoisotopic (exact) mass is 842 g/mol. The maximum atomic E-state index is 6.77. The lowest BCUT2D eigenvalue weighted by atomic mass is 9.87. The Balaban J connectivity index is 0.891. The summed E-state index contributed by atoms with van der Waals surface area (Å²) >= 11 is 0. The fraction of sp³-hybridized carbons (Fsp3) is 0.138. The van der Waals surface area contributed by atoms with Crippen LogP contribution in [0.5, 0.6) is 5.75 Å². The molecule has 0 fully saturated rings. The topological polar surface area (TPSA) is 86.6 Å². The quantitative estimate of drug-likeness (QED) is 0.151. The van der Waals surface area contributed by atoms with Crippen LogP contribution in [-0.4, -0.2) is 35.5 Å². The Morgan fingerprint density at radius 2 is 0.892 bits per heavy atom. The first-order valence-electron chi connectivity index (χ1n) is 22.4. The summed E-state index contributed by atoms with van der Waals surface area (Å²) in [6.45, 7) is 6.39. The van der Waals surface area contributed by atoms with Crippen LogP contribution in [0.15, 0.2) is 176 Å². The molecule has 1 aliphatic heterocycles. The number of ether oxygens (including phenoxy) is 1. The third-order valence-corrected chi connectivity index (χ3v) is 12.6. The minimum absolute atomic E-state index is 0.442. The van der Waals surface area contributed by atoms with Gasteiger partial charge in [-0.1, -0.05) is 169 Å². The molecule has 0 radical (unpaired) electrons. The number of hydrogen-bond acceptors (Lipinski definition) is 7. The number of benzene rings is 6. The molecule has 1 atom stereocenters. The molecule has 0 bridgehead atoms. The van der Waals surface area contributed by atoms with E-state index in [1.165, 1.54) is 22.3 Å². The zero-order chi connectivity index (χ0) is 43.9. The first kappa shape index (κ1) is 39.9. The van der Waals surface area contributed by atoms with Crippen molar-refractivity contribution in [3.63, 3.8) is 0 Å². The van der Waals surface area contributed by atoms with Gasteiger partial charge in [-0.05, 0) is 86.9 Å². The molecule has 3 heterocycles. The molecule has 2 aliphatic carbocycles. The lowest BCUT2D eigenvalue weighted by molar-refractivity contribution is 0.158. The van der Waals surface area contributed by atoms with E-state index >= 15 is 0 Å². The van der Waals surface area contributed by atoms with Crippen molar-refractivity contribution in [3.05, 3.63) is 204 Å². The van der Waals surface area contributed by atoms with Gasteiger partial charge in [0.05, 0.1) is 0 Å². The van der Waals surface area contributed by atoms with Crippen LogP contribution >= 0.6 is 0 Å². The van der Waals surface area contributed by atoms with Crippen LogP contribution in [0.4, 0.5) is 0 Å². The van der Waals surface area contributed by atoms with Crippen molar-refractivity contribution < 1.29 is 4.74 Å². The molecule has 0 amide bonds. The van der Waals surface area contributed by atoms with Crippen molar-refractivity contribution >= 4 is 16.7 Å². The van der Waals surface area contributed by atoms with E-state index in [4.69, 9.17) is 34.6 Å². The molecule has 7 nitrogen and oxygen atoms in total. The molecule has 0 N–H and O–H groups in total. The second kappa shape index (κ2) is 16.7. The first-order valence-corrected chi connectivity index (χ1v) is 22.4. The van der Waals surface area contributed by atoms with E-state index in [1.807, 2.05) is 30.3 Å². The van der Waals surface area contributed by atoms with E-state index in [1.54, 1.807) is 0 Å². The predicted molar refractivity (Wildman–Crippen MR) is 262 cm³/mol. The van der Waals surface area contributed by atoms with Gasteiger partial charge in [0.15, 0.2) is 34.9 Å². The summed E-state index contributed by atoms with van der Waals surface area (Å²) in [6.07, 6.45) is 14.9. The molecule has 0 spiro atoms. The van der Waals surface area contributed by atoms with Gasteiger partial charge in [0, 0.05) is 44.5 Å². The fourth-order valence-electron chi connectivity index (χ4n) is 8.85. The average Bonchev–Trinajstić information content (AvgIpc) is 3.52. The highest BCUT2D eigenvalue weighted by atomic mass is 16.5. The smallest absolute Gasteiger partial charge is 0.164 e. The molecule has 8 aromatic rings. The Morgan fingerprint density at radius 1 is 0.431 bits per heavy atom. The molecule has 65 heavy (non-hydrogen) atoms. The summed E-state index contributed by atoms with van der Waals surface area (Å²) in [5.41, 5.74) is 14.6. The lowest BCUT2D eigenvalue weighted by Crippen LogP contribution is -2.28. The van der Waals surface area contributed by atoms with Crippen molar-refractivity contribution in [2.45, 2.75) is 52.1 Å². The molecule has 3 aliphatic rings. The molecule has 1 unspecified atom stereocenters.